The zero-order chi connectivity index (χ0) is 13.0. The van der Waals surface area contributed by atoms with E-state index in [2.05, 4.69) is 5.32 Å². The molecule has 1 heterocycles. The van der Waals surface area contributed by atoms with Crippen LogP contribution in [0.5, 0.6) is 5.75 Å². The van der Waals surface area contributed by atoms with Crippen molar-refractivity contribution in [3.05, 3.63) is 29.8 Å². The van der Waals surface area contributed by atoms with Crippen molar-refractivity contribution in [2.45, 2.75) is 31.9 Å². The standard InChI is InChI=1S/C14H19NO3/c1-10(13-4-3-9-18-13)15-14(16)11-5-7-12(17-2)8-6-11/h5-8,10,13H,3-4,9H2,1-2H3,(H,15,16)/t10-,13-/m0/s1. The van der Waals surface area contributed by atoms with Gasteiger partial charge in [0.15, 0.2) is 0 Å². The van der Waals surface area contributed by atoms with E-state index in [1.807, 2.05) is 6.92 Å². The van der Waals surface area contributed by atoms with Gasteiger partial charge in [-0.2, -0.15) is 0 Å². The Hall–Kier alpha value is -1.55. The number of hydrogen-bond acceptors (Lipinski definition) is 3. The number of carbonyl (C=O) groups excluding carboxylic acids is 1. The van der Waals surface area contributed by atoms with Crippen LogP contribution in [0.15, 0.2) is 24.3 Å². The van der Waals surface area contributed by atoms with Gasteiger partial charge in [0.05, 0.1) is 19.3 Å². The predicted molar refractivity (Wildman–Crippen MR) is 68.9 cm³/mol. The fraction of sp³-hybridized carbons (Fsp3) is 0.500. The van der Waals surface area contributed by atoms with Crippen LogP contribution in [0.1, 0.15) is 30.1 Å². The summed E-state index contributed by atoms with van der Waals surface area (Å²) in [6, 6.07) is 7.13. The molecule has 1 aliphatic rings. The van der Waals surface area contributed by atoms with Gasteiger partial charge in [-0.15, -0.1) is 0 Å². The van der Waals surface area contributed by atoms with E-state index in [4.69, 9.17) is 9.47 Å². The monoisotopic (exact) mass is 249 g/mol. The number of rotatable bonds is 4. The number of carbonyl (C=O) groups is 1. The van der Waals surface area contributed by atoms with Crippen LogP contribution in [0.3, 0.4) is 0 Å². The summed E-state index contributed by atoms with van der Waals surface area (Å²) in [5.74, 6) is 0.680. The summed E-state index contributed by atoms with van der Waals surface area (Å²) in [6.45, 7) is 2.78. The van der Waals surface area contributed by atoms with Gasteiger partial charge in [0.25, 0.3) is 5.91 Å². The molecular weight excluding hydrogens is 230 g/mol. The van der Waals surface area contributed by atoms with E-state index >= 15 is 0 Å². The van der Waals surface area contributed by atoms with Gasteiger partial charge in [-0.3, -0.25) is 4.79 Å². The first kappa shape index (κ1) is 12.9. The van der Waals surface area contributed by atoms with Crippen LogP contribution in [-0.4, -0.2) is 31.8 Å². The maximum absolute atomic E-state index is 12.0. The Morgan fingerprint density at radius 2 is 2.17 bits per heavy atom. The molecule has 4 nitrogen and oxygen atoms in total. The molecule has 0 aliphatic carbocycles. The van der Waals surface area contributed by atoms with Crippen LogP contribution >= 0.6 is 0 Å². The summed E-state index contributed by atoms with van der Waals surface area (Å²) < 4.78 is 10.6. The third-order valence-electron chi connectivity index (χ3n) is 3.23. The normalized spacial score (nSPS) is 20.4. The Morgan fingerprint density at radius 3 is 2.72 bits per heavy atom. The van der Waals surface area contributed by atoms with Crippen molar-refractivity contribution < 1.29 is 14.3 Å². The molecule has 1 N–H and O–H groups in total. The molecule has 1 amide bonds. The Labute approximate surface area is 107 Å². The SMILES string of the molecule is COc1ccc(C(=O)N[C@@H](C)[C@@H]2CCCO2)cc1. The summed E-state index contributed by atoms with van der Waals surface area (Å²) in [4.78, 5) is 12.0. The van der Waals surface area contributed by atoms with Crippen LogP contribution < -0.4 is 10.1 Å². The van der Waals surface area contributed by atoms with Gasteiger partial charge >= 0.3 is 0 Å². The van der Waals surface area contributed by atoms with Crippen molar-refractivity contribution in [2.24, 2.45) is 0 Å². The third-order valence-corrected chi connectivity index (χ3v) is 3.23. The summed E-state index contributed by atoms with van der Waals surface area (Å²) in [5.41, 5.74) is 0.639. The highest BCUT2D eigenvalue weighted by atomic mass is 16.5. The molecule has 1 aromatic rings. The average Bonchev–Trinajstić information content (AvgIpc) is 2.92. The molecule has 2 rings (SSSR count). The van der Waals surface area contributed by atoms with E-state index in [0.717, 1.165) is 25.2 Å². The lowest BCUT2D eigenvalue weighted by atomic mass is 10.1. The number of methoxy groups -OCH3 is 1. The number of benzene rings is 1. The largest absolute Gasteiger partial charge is 0.497 e. The van der Waals surface area contributed by atoms with E-state index < -0.39 is 0 Å². The fourth-order valence-corrected chi connectivity index (χ4v) is 2.12. The van der Waals surface area contributed by atoms with Gasteiger partial charge in [0.2, 0.25) is 0 Å². The molecule has 2 atom stereocenters. The van der Waals surface area contributed by atoms with Crippen molar-refractivity contribution in [3.8, 4) is 5.75 Å². The first-order valence-corrected chi connectivity index (χ1v) is 6.27. The Bertz CT molecular complexity index is 396. The quantitative estimate of drug-likeness (QED) is 0.887. The van der Waals surface area contributed by atoms with Gasteiger partial charge in [0.1, 0.15) is 5.75 Å². The molecule has 18 heavy (non-hydrogen) atoms. The van der Waals surface area contributed by atoms with Gasteiger partial charge in [-0.25, -0.2) is 0 Å². The molecule has 0 bridgehead atoms. The summed E-state index contributed by atoms with van der Waals surface area (Å²) in [5, 5.41) is 2.97. The smallest absolute Gasteiger partial charge is 0.251 e. The maximum atomic E-state index is 12.0. The molecule has 1 saturated heterocycles. The molecule has 1 aromatic carbocycles. The van der Waals surface area contributed by atoms with Crippen molar-refractivity contribution in [3.63, 3.8) is 0 Å². The molecule has 98 valence electrons. The Kier molecular flexibility index (Phi) is 4.20. The van der Waals surface area contributed by atoms with Gasteiger partial charge in [-0.1, -0.05) is 0 Å². The minimum Gasteiger partial charge on any atom is -0.497 e. The topological polar surface area (TPSA) is 47.6 Å². The molecule has 0 radical (unpaired) electrons. The highest BCUT2D eigenvalue weighted by Crippen LogP contribution is 2.16. The lowest BCUT2D eigenvalue weighted by Crippen LogP contribution is -2.40. The molecule has 1 aliphatic heterocycles. The van der Waals surface area contributed by atoms with Crippen molar-refractivity contribution >= 4 is 5.91 Å². The minimum atomic E-state index is -0.0688. The highest BCUT2D eigenvalue weighted by Gasteiger charge is 2.23. The third kappa shape index (κ3) is 3.01. The van der Waals surface area contributed by atoms with Crippen LogP contribution in [0.2, 0.25) is 0 Å². The van der Waals surface area contributed by atoms with Gasteiger partial charge in [0, 0.05) is 12.2 Å². The number of nitrogens with one attached hydrogen (secondary N) is 1. The first-order valence-electron chi connectivity index (χ1n) is 6.27. The maximum Gasteiger partial charge on any atom is 0.251 e. The fourth-order valence-electron chi connectivity index (χ4n) is 2.12. The number of ether oxygens (including phenoxy) is 2. The lowest BCUT2D eigenvalue weighted by Gasteiger charge is -2.20. The van der Waals surface area contributed by atoms with E-state index in [1.54, 1.807) is 31.4 Å². The summed E-state index contributed by atoms with van der Waals surface area (Å²) in [7, 11) is 1.61. The molecule has 0 aromatic heterocycles. The molecule has 4 heteroatoms. The van der Waals surface area contributed by atoms with Crippen molar-refractivity contribution in [1.82, 2.24) is 5.32 Å². The second-order valence-electron chi connectivity index (χ2n) is 4.54. The minimum absolute atomic E-state index is 0.0436. The Morgan fingerprint density at radius 1 is 1.44 bits per heavy atom. The van der Waals surface area contributed by atoms with Crippen molar-refractivity contribution in [2.75, 3.05) is 13.7 Å². The van der Waals surface area contributed by atoms with Gasteiger partial charge < -0.3 is 14.8 Å². The van der Waals surface area contributed by atoms with E-state index in [9.17, 15) is 4.79 Å². The second-order valence-corrected chi connectivity index (χ2v) is 4.54. The molecule has 1 fully saturated rings. The Balaban J connectivity index is 1.93. The molecular formula is C14H19NO3. The zero-order valence-electron chi connectivity index (χ0n) is 10.8. The number of amides is 1. The van der Waals surface area contributed by atoms with E-state index in [0.29, 0.717) is 5.56 Å². The van der Waals surface area contributed by atoms with Crippen LogP contribution in [0.4, 0.5) is 0 Å². The molecule has 0 unspecified atom stereocenters. The van der Waals surface area contributed by atoms with Crippen LogP contribution in [0, 0.1) is 0 Å². The van der Waals surface area contributed by atoms with Crippen LogP contribution in [-0.2, 0) is 4.74 Å². The molecule has 0 saturated carbocycles. The van der Waals surface area contributed by atoms with Gasteiger partial charge in [-0.05, 0) is 44.0 Å². The first-order chi connectivity index (χ1) is 8.70. The van der Waals surface area contributed by atoms with Crippen molar-refractivity contribution in [1.29, 1.82) is 0 Å². The average molecular weight is 249 g/mol. The highest BCUT2D eigenvalue weighted by molar-refractivity contribution is 5.94. The number of hydrogen-bond donors (Lipinski definition) is 1. The second kappa shape index (κ2) is 5.87. The van der Waals surface area contributed by atoms with E-state index in [-0.39, 0.29) is 18.1 Å². The summed E-state index contributed by atoms with van der Waals surface area (Å²) >= 11 is 0. The van der Waals surface area contributed by atoms with E-state index in [1.165, 1.54) is 0 Å². The van der Waals surface area contributed by atoms with Crippen LogP contribution in [0.25, 0.3) is 0 Å². The zero-order valence-corrected chi connectivity index (χ0v) is 10.8. The molecule has 0 spiro atoms. The lowest BCUT2D eigenvalue weighted by molar-refractivity contribution is 0.0712. The summed E-state index contributed by atoms with van der Waals surface area (Å²) in [6.07, 6.45) is 2.24. The predicted octanol–water partition coefficient (Wildman–Crippen LogP) is 1.99.